The number of aliphatic imine (C=N–C) groups is 1. The van der Waals surface area contributed by atoms with Gasteiger partial charge in [-0.05, 0) is 38.5 Å². The maximum atomic E-state index is 6.13. The molecule has 0 aliphatic carbocycles. The van der Waals surface area contributed by atoms with Crippen LogP contribution in [0, 0.1) is 0 Å². The lowest BCUT2D eigenvalue weighted by Crippen LogP contribution is -2.44. The van der Waals surface area contributed by atoms with Gasteiger partial charge in [0.25, 0.3) is 0 Å². The number of nitrogens with zero attached hydrogens (tertiary/aromatic N) is 1. The Hall–Kier alpha value is -0.970. The first-order chi connectivity index (χ1) is 8.43. The fourth-order valence-electron chi connectivity index (χ4n) is 1.49. The number of benzene rings is 1. The summed E-state index contributed by atoms with van der Waals surface area (Å²) >= 11 is 12.0. The van der Waals surface area contributed by atoms with Gasteiger partial charge >= 0.3 is 0 Å². The zero-order valence-corrected chi connectivity index (χ0v) is 12.2. The largest absolute Gasteiger partial charge is 0.353 e. The van der Waals surface area contributed by atoms with E-state index in [1.165, 1.54) is 0 Å². The third-order valence-corrected chi connectivity index (χ3v) is 2.86. The summed E-state index contributed by atoms with van der Waals surface area (Å²) in [5.74, 6) is 5.94. The molecule has 100 valence electrons. The average molecular weight is 289 g/mol. The van der Waals surface area contributed by atoms with Gasteiger partial charge in [0.1, 0.15) is 0 Å². The molecule has 1 unspecified atom stereocenters. The van der Waals surface area contributed by atoms with E-state index in [2.05, 4.69) is 15.7 Å². The van der Waals surface area contributed by atoms with E-state index < -0.39 is 0 Å². The molecule has 0 amide bonds. The first-order valence-corrected chi connectivity index (χ1v) is 6.45. The molecule has 1 atom stereocenters. The molecule has 4 nitrogen and oxygen atoms in total. The summed E-state index contributed by atoms with van der Waals surface area (Å²) in [6, 6.07) is 5.48. The van der Waals surface area contributed by atoms with E-state index in [-0.39, 0.29) is 12.1 Å². The van der Waals surface area contributed by atoms with Crippen LogP contribution in [0.3, 0.4) is 0 Å². The van der Waals surface area contributed by atoms with Crippen LogP contribution in [0.1, 0.15) is 32.4 Å². The molecule has 1 aromatic rings. The lowest BCUT2D eigenvalue weighted by Gasteiger charge is -2.15. The van der Waals surface area contributed by atoms with Gasteiger partial charge in [-0.25, -0.2) is 10.8 Å². The quantitative estimate of drug-likeness (QED) is 0.347. The van der Waals surface area contributed by atoms with E-state index in [0.717, 1.165) is 5.56 Å². The molecular weight excluding hydrogens is 271 g/mol. The fraction of sp³-hybridized carbons (Fsp3) is 0.417. The van der Waals surface area contributed by atoms with Gasteiger partial charge in [0.05, 0.1) is 6.04 Å². The number of hydrogen-bond acceptors (Lipinski definition) is 2. The van der Waals surface area contributed by atoms with Gasteiger partial charge in [-0.3, -0.25) is 5.43 Å². The normalized spacial score (nSPS) is 13.6. The number of hydrogen-bond donors (Lipinski definition) is 3. The summed E-state index contributed by atoms with van der Waals surface area (Å²) in [6.45, 7) is 5.95. The molecule has 0 spiro atoms. The van der Waals surface area contributed by atoms with Crippen molar-refractivity contribution in [2.24, 2.45) is 10.8 Å². The summed E-state index contributed by atoms with van der Waals surface area (Å²) in [7, 11) is 0. The molecule has 0 saturated heterocycles. The summed E-state index contributed by atoms with van der Waals surface area (Å²) in [4.78, 5) is 4.44. The van der Waals surface area contributed by atoms with Gasteiger partial charge in [0, 0.05) is 16.1 Å². The van der Waals surface area contributed by atoms with E-state index in [9.17, 15) is 0 Å². The number of nitrogens with one attached hydrogen (secondary N) is 2. The molecule has 18 heavy (non-hydrogen) atoms. The summed E-state index contributed by atoms with van der Waals surface area (Å²) in [5.41, 5.74) is 3.44. The zero-order chi connectivity index (χ0) is 13.7. The summed E-state index contributed by atoms with van der Waals surface area (Å²) in [5, 5.41) is 4.31. The zero-order valence-electron chi connectivity index (χ0n) is 10.7. The number of guanidine groups is 1. The molecule has 0 fully saturated rings. The van der Waals surface area contributed by atoms with Crippen LogP contribution in [0.15, 0.2) is 23.2 Å². The molecule has 4 N–H and O–H groups in total. The molecule has 0 aliphatic rings. The van der Waals surface area contributed by atoms with Gasteiger partial charge in [-0.1, -0.05) is 29.3 Å². The monoisotopic (exact) mass is 288 g/mol. The van der Waals surface area contributed by atoms with Crippen molar-refractivity contribution in [1.29, 1.82) is 0 Å². The Morgan fingerprint density at radius 1 is 1.28 bits per heavy atom. The molecule has 6 heteroatoms. The first-order valence-electron chi connectivity index (χ1n) is 5.70. The highest BCUT2D eigenvalue weighted by Gasteiger charge is 2.10. The van der Waals surface area contributed by atoms with Gasteiger partial charge in [0.15, 0.2) is 0 Å². The van der Waals surface area contributed by atoms with Crippen molar-refractivity contribution in [3.05, 3.63) is 33.8 Å². The second-order valence-electron chi connectivity index (χ2n) is 4.26. The smallest absolute Gasteiger partial charge is 0.206 e. The lowest BCUT2D eigenvalue weighted by molar-refractivity contribution is 0.688. The minimum atomic E-state index is -0.118. The predicted octanol–water partition coefficient (Wildman–Crippen LogP) is 2.87. The van der Waals surface area contributed by atoms with Crippen molar-refractivity contribution in [1.82, 2.24) is 10.7 Å². The van der Waals surface area contributed by atoms with Crippen molar-refractivity contribution in [3.63, 3.8) is 0 Å². The van der Waals surface area contributed by atoms with Crippen LogP contribution in [0.25, 0.3) is 0 Å². The third-order valence-electron chi connectivity index (χ3n) is 2.30. The molecule has 1 aromatic carbocycles. The maximum Gasteiger partial charge on any atom is 0.206 e. The molecule has 0 aromatic heterocycles. The van der Waals surface area contributed by atoms with E-state index in [1.54, 1.807) is 12.1 Å². The minimum absolute atomic E-state index is 0.118. The Kier molecular flexibility index (Phi) is 5.72. The summed E-state index contributed by atoms with van der Waals surface area (Å²) < 4.78 is 0. The van der Waals surface area contributed by atoms with Crippen LogP contribution in [0.5, 0.6) is 0 Å². The van der Waals surface area contributed by atoms with Crippen LogP contribution in [-0.2, 0) is 0 Å². The van der Waals surface area contributed by atoms with Crippen LogP contribution in [0.2, 0.25) is 10.0 Å². The SMILES string of the molecule is CC(C)NC(=NC(C)c1ccc(Cl)cc1Cl)NN. The number of rotatable bonds is 3. The van der Waals surface area contributed by atoms with Gasteiger partial charge < -0.3 is 5.32 Å². The van der Waals surface area contributed by atoms with Crippen molar-refractivity contribution in [2.75, 3.05) is 0 Å². The number of halogens is 2. The van der Waals surface area contributed by atoms with Crippen LogP contribution in [-0.4, -0.2) is 12.0 Å². The maximum absolute atomic E-state index is 6.13. The van der Waals surface area contributed by atoms with E-state index >= 15 is 0 Å². The highest BCUT2D eigenvalue weighted by atomic mass is 35.5. The topological polar surface area (TPSA) is 62.4 Å². The Morgan fingerprint density at radius 2 is 1.94 bits per heavy atom. The fourth-order valence-corrected chi connectivity index (χ4v) is 2.06. The molecule has 0 heterocycles. The average Bonchev–Trinajstić information content (AvgIpc) is 2.27. The summed E-state index contributed by atoms with van der Waals surface area (Å²) in [6.07, 6.45) is 0. The molecule has 1 rings (SSSR count). The second-order valence-corrected chi connectivity index (χ2v) is 5.11. The predicted molar refractivity (Wildman–Crippen MR) is 77.9 cm³/mol. The Bertz CT molecular complexity index is 432. The van der Waals surface area contributed by atoms with Gasteiger partial charge in [-0.15, -0.1) is 0 Å². The van der Waals surface area contributed by atoms with Gasteiger partial charge in [0.2, 0.25) is 5.96 Å². The van der Waals surface area contributed by atoms with E-state index in [4.69, 9.17) is 29.0 Å². The highest BCUT2D eigenvalue weighted by Crippen LogP contribution is 2.28. The van der Waals surface area contributed by atoms with Crippen LogP contribution < -0.4 is 16.6 Å². The second kappa shape index (κ2) is 6.83. The van der Waals surface area contributed by atoms with Crippen molar-refractivity contribution >= 4 is 29.2 Å². The Balaban J connectivity index is 2.91. The van der Waals surface area contributed by atoms with Crippen molar-refractivity contribution in [3.8, 4) is 0 Å². The molecule has 0 aliphatic heterocycles. The van der Waals surface area contributed by atoms with Crippen molar-refractivity contribution in [2.45, 2.75) is 32.9 Å². The Morgan fingerprint density at radius 3 is 2.44 bits per heavy atom. The molecular formula is C12H18Cl2N4. The van der Waals surface area contributed by atoms with E-state index in [1.807, 2.05) is 26.8 Å². The van der Waals surface area contributed by atoms with E-state index in [0.29, 0.717) is 16.0 Å². The third kappa shape index (κ3) is 4.37. The standard InChI is InChI=1S/C12H18Cl2N4/c1-7(2)16-12(18-15)17-8(3)10-5-4-9(13)6-11(10)14/h4-8H,15H2,1-3H3,(H2,16,17,18). The number of nitrogens with two attached hydrogens (primary N) is 1. The minimum Gasteiger partial charge on any atom is -0.353 e. The first kappa shape index (κ1) is 15.1. The highest BCUT2D eigenvalue weighted by molar-refractivity contribution is 6.35. The lowest BCUT2D eigenvalue weighted by atomic mass is 10.1. The van der Waals surface area contributed by atoms with Gasteiger partial charge in [-0.2, -0.15) is 0 Å². The molecule has 0 radical (unpaired) electrons. The van der Waals surface area contributed by atoms with Crippen molar-refractivity contribution < 1.29 is 0 Å². The van der Waals surface area contributed by atoms with Crippen LogP contribution >= 0.6 is 23.2 Å². The Labute approximate surface area is 118 Å². The van der Waals surface area contributed by atoms with Crippen LogP contribution in [0.4, 0.5) is 0 Å². The number of hydrazine groups is 1. The molecule has 0 bridgehead atoms. The molecule has 0 saturated carbocycles.